The fourth-order valence-electron chi connectivity index (χ4n) is 1.86. The van der Waals surface area contributed by atoms with Crippen LogP contribution < -0.4 is 4.90 Å². The summed E-state index contributed by atoms with van der Waals surface area (Å²) in [4.78, 5) is 6.56. The van der Waals surface area contributed by atoms with E-state index in [4.69, 9.17) is 0 Å². The summed E-state index contributed by atoms with van der Waals surface area (Å²) in [6.07, 6.45) is 3.65. The highest BCUT2D eigenvalue weighted by Crippen LogP contribution is 2.22. The van der Waals surface area contributed by atoms with Gasteiger partial charge in [0, 0.05) is 24.3 Å². The molecule has 0 aliphatic rings. The van der Waals surface area contributed by atoms with Gasteiger partial charge in [0.15, 0.2) is 0 Å². The maximum atomic E-state index is 9.46. The Kier molecular flexibility index (Phi) is 4.91. The van der Waals surface area contributed by atoms with Gasteiger partial charge in [-0.25, -0.2) is 4.98 Å². The summed E-state index contributed by atoms with van der Waals surface area (Å²) in [5, 5.41) is 9.46. The predicted molar refractivity (Wildman–Crippen MR) is 72.2 cm³/mol. The number of hydrogen-bond acceptors (Lipinski definition) is 3. The molecular weight excluding hydrogens is 212 g/mol. The average molecular weight is 232 g/mol. The Morgan fingerprint density at radius 1 is 1.29 bits per heavy atom. The summed E-state index contributed by atoms with van der Waals surface area (Å²) in [6, 6.07) is 1.98. The van der Waals surface area contributed by atoms with Crippen molar-refractivity contribution >= 4 is 5.82 Å². The lowest BCUT2D eigenvalue weighted by molar-refractivity contribution is 0.281. The molecule has 0 aliphatic heterocycles. The molecule has 1 heterocycles. The van der Waals surface area contributed by atoms with Crippen LogP contribution in [0.5, 0.6) is 0 Å². The van der Waals surface area contributed by atoms with Gasteiger partial charge >= 0.3 is 0 Å². The molecule has 0 bridgehead atoms. The molecule has 0 fully saturated rings. The Labute approximate surface area is 103 Å². The molecule has 0 saturated heterocycles. The number of aromatic nitrogens is 1. The molecule has 0 aliphatic carbocycles. The minimum atomic E-state index is -0.000762. The Morgan fingerprint density at radius 3 is 2.35 bits per heavy atom. The molecule has 0 atom stereocenters. The molecule has 3 heteroatoms. The number of aryl methyl sites for hydroxylation is 2. The van der Waals surface area contributed by atoms with E-state index >= 15 is 0 Å². The van der Waals surface area contributed by atoms with Gasteiger partial charge in [-0.3, -0.25) is 0 Å². The van der Waals surface area contributed by atoms with Crippen LogP contribution in [0.15, 0.2) is 31.4 Å². The van der Waals surface area contributed by atoms with Crippen LogP contribution >= 0.6 is 0 Å². The van der Waals surface area contributed by atoms with Crippen LogP contribution in [0, 0.1) is 13.8 Å². The molecule has 1 aromatic rings. The summed E-state index contributed by atoms with van der Waals surface area (Å²) in [7, 11) is 0. The highest BCUT2D eigenvalue weighted by Gasteiger charge is 2.13. The van der Waals surface area contributed by atoms with E-state index in [1.54, 1.807) is 0 Å². The van der Waals surface area contributed by atoms with E-state index in [1.165, 1.54) is 0 Å². The van der Waals surface area contributed by atoms with Gasteiger partial charge in [0.05, 0.1) is 6.61 Å². The van der Waals surface area contributed by atoms with E-state index in [2.05, 4.69) is 18.1 Å². The summed E-state index contributed by atoms with van der Waals surface area (Å²) < 4.78 is 0. The lowest BCUT2D eigenvalue weighted by atomic mass is 10.1. The van der Waals surface area contributed by atoms with E-state index in [-0.39, 0.29) is 6.61 Å². The van der Waals surface area contributed by atoms with Crippen LogP contribution in [0.3, 0.4) is 0 Å². The van der Waals surface area contributed by atoms with Crippen LogP contribution in [0.1, 0.15) is 16.8 Å². The van der Waals surface area contributed by atoms with E-state index in [1.807, 2.05) is 37.0 Å². The molecule has 92 valence electrons. The number of aliphatic hydroxyl groups is 1. The zero-order valence-electron chi connectivity index (χ0n) is 10.6. The Balaban J connectivity index is 3.23. The second-order valence-electron chi connectivity index (χ2n) is 4.02. The number of rotatable bonds is 6. The van der Waals surface area contributed by atoms with E-state index in [0.717, 1.165) is 22.6 Å². The topological polar surface area (TPSA) is 36.4 Å². The first-order valence-electron chi connectivity index (χ1n) is 5.68. The monoisotopic (exact) mass is 232 g/mol. The molecule has 0 radical (unpaired) electrons. The Morgan fingerprint density at radius 2 is 1.88 bits per heavy atom. The van der Waals surface area contributed by atoms with Gasteiger partial charge in [-0.2, -0.15) is 0 Å². The van der Waals surface area contributed by atoms with Crippen LogP contribution in [0.2, 0.25) is 0 Å². The molecule has 0 aromatic carbocycles. The second kappa shape index (κ2) is 6.21. The van der Waals surface area contributed by atoms with Crippen LogP contribution in [0.25, 0.3) is 0 Å². The number of hydrogen-bond donors (Lipinski definition) is 1. The van der Waals surface area contributed by atoms with Crippen molar-refractivity contribution in [1.29, 1.82) is 0 Å². The molecule has 0 spiro atoms. The first-order valence-corrected chi connectivity index (χ1v) is 5.68. The summed E-state index contributed by atoms with van der Waals surface area (Å²) in [5.41, 5.74) is 2.89. The largest absolute Gasteiger partial charge is 0.392 e. The number of anilines is 1. The maximum absolute atomic E-state index is 9.46. The van der Waals surface area contributed by atoms with Crippen molar-refractivity contribution in [3.63, 3.8) is 0 Å². The average Bonchev–Trinajstić information content (AvgIpc) is 2.28. The van der Waals surface area contributed by atoms with Gasteiger partial charge in [-0.15, -0.1) is 13.2 Å². The molecular formula is C14H20N2O. The fraction of sp³-hybridized carbons (Fsp3) is 0.357. The summed E-state index contributed by atoms with van der Waals surface area (Å²) >= 11 is 0. The molecule has 0 saturated carbocycles. The zero-order chi connectivity index (χ0) is 12.8. The van der Waals surface area contributed by atoms with E-state index in [0.29, 0.717) is 13.1 Å². The predicted octanol–water partition coefficient (Wildman–Crippen LogP) is 2.37. The molecule has 1 rings (SSSR count). The molecule has 0 amide bonds. The molecule has 3 nitrogen and oxygen atoms in total. The smallest absolute Gasteiger partial charge is 0.135 e. The van der Waals surface area contributed by atoms with Gasteiger partial charge in [0.1, 0.15) is 5.82 Å². The highest BCUT2D eigenvalue weighted by atomic mass is 16.3. The van der Waals surface area contributed by atoms with E-state index in [9.17, 15) is 5.11 Å². The minimum Gasteiger partial charge on any atom is -0.392 e. The third kappa shape index (κ3) is 3.17. The van der Waals surface area contributed by atoms with E-state index < -0.39 is 0 Å². The Bertz CT molecular complexity index is 403. The lowest BCUT2D eigenvalue weighted by Crippen LogP contribution is -2.26. The second-order valence-corrected chi connectivity index (χ2v) is 4.02. The number of nitrogens with zero attached hydrogens (tertiary/aromatic N) is 2. The maximum Gasteiger partial charge on any atom is 0.135 e. The standard InChI is InChI=1S/C14H20N2O/c1-5-7-16(8-6-2)14-13(10-17)11(3)9-12(4)15-14/h5-6,9,17H,1-2,7-8,10H2,3-4H3. The van der Waals surface area contributed by atoms with Crippen LogP contribution in [-0.4, -0.2) is 23.2 Å². The number of aliphatic hydroxyl groups excluding tert-OH is 1. The summed E-state index contributed by atoms with van der Waals surface area (Å²) in [6.45, 7) is 12.8. The molecule has 17 heavy (non-hydrogen) atoms. The lowest BCUT2D eigenvalue weighted by Gasteiger charge is -2.24. The minimum absolute atomic E-state index is 0.000762. The van der Waals surface area contributed by atoms with Crippen LogP contribution in [-0.2, 0) is 6.61 Å². The van der Waals surface area contributed by atoms with Crippen LogP contribution in [0.4, 0.5) is 5.82 Å². The van der Waals surface area contributed by atoms with Gasteiger partial charge in [0.2, 0.25) is 0 Å². The van der Waals surface area contributed by atoms with Crippen molar-refractivity contribution in [3.8, 4) is 0 Å². The van der Waals surface area contributed by atoms with Crippen molar-refractivity contribution < 1.29 is 5.11 Å². The van der Waals surface area contributed by atoms with Crippen molar-refractivity contribution in [2.24, 2.45) is 0 Å². The number of pyridine rings is 1. The molecule has 1 aromatic heterocycles. The summed E-state index contributed by atoms with van der Waals surface area (Å²) in [5.74, 6) is 0.824. The normalized spacial score (nSPS) is 10.1. The SMILES string of the molecule is C=CCN(CC=C)c1nc(C)cc(C)c1CO. The first kappa shape index (κ1) is 13.5. The third-order valence-corrected chi connectivity index (χ3v) is 2.61. The quantitative estimate of drug-likeness (QED) is 0.765. The highest BCUT2D eigenvalue weighted by molar-refractivity contribution is 5.52. The third-order valence-electron chi connectivity index (χ3n) is 2.61. The van der Waals surface area contributed by atoms with Crippen molar-refractivity contribution in [2.75, 3.05) is 18.0 Å². The van der Waals surface area contributed by atoms with Gasteiger partial charge < -0.3 is 10.0 Å². The van der Waals surface area contributed by atoms with Gasteiger partial charge in [-0.05, 0) is 25.5 Å². The zero-order valence-corrected chi connectivity index (χ0v) is 10.6. The first-order chi connectivity index (χ1) is 8.13. The van der Waals surface area contributed by atoms with Crippen molar-refractivity contribution in [2.45, 2.75) is 20.5 Å². The van der Waals surface area contributed by atoms with Gasteiger partial charge in [0.25, 0.3) is 0 Å². The fourth-order valence-corrected chi connectivity index (χ4v) is 1.86. The molecule has 0 unspecified atom stereocenters. The Hall–Kier alpha value is -1.61. The van der Waals surface area contributed by atoms with Crippen molar-refractivity contribution in [1.82, 2.24) is 4.98 Å². The molecule has 1 N–H and O–H groups in total. The van der Waals surface area contributed by atoms with Gasteiger partial charge in [-0.1, -0.05) is 12.2 Å². The van der Waals surface area contributed by atoms with Crippen molar-refractivity contribution in [3.05, 3.63) is 48.2 Å².